The third-order valence-electron chi connectivity index (χ3n) is 5.00. The Labute approximate surface area is 161 Å². The fourth-order valence-electron chi connectivity index (χ4n) is 3.72. The Kier molecular flexibility index (Phi) is 6.99. The van der Waals surface area contributed by atoms with Crippen LogP contribution in [-0.4, -0.2) is 58.4 Å². The van der Waals surface area contributed by atoms with Gasteiger partial charge in [0.15, 0.2) is 0 Å². The first kappa shape index (κ1) is 20.9. The second-order valence-electron chi connectivity index (χ2n) is 7.74. The van der Waals surface area contributed by atoms with Crippen molar-refractivity contribution in [1.82, 2.24) is 9.80 Å². The van der Waals surface area contributed by atoms with Gasteiger partial charge >= 0.3 is 5.97 Å². The zero-order valence-corrected chi connectivity index (χ0v) is 16.7. The molecule has 0 saturated carbocycles. The van der Waals surface area contributed by atoms with Crippen LogP contribution in [0.25, 0.3) is 0 Å². The van der Waals surface area contributed by atoms with E-state index in [4.69, 9.17) is 5.11 Å². The molecule has 6 nitrogen and oxygen atoms in total. The highest BCUT2D eigenvalue weighted by molar-refractivity contribution is 5.95. The molecule has 1 heterocycles. The molecule has 1 fully saturated rings. The third kappa shape index (κ3) is 5.55. The van der Waals surface area contributed by atoms with Gasteiger partial charge in [0.2, 0.25) is 5.91 Å². The highest BCUT2D eigenvalue weighted by Crippen LogP contribution is 2.22. The summed E-state index contributed by atoms with van der Waals surface area (Å²) in [4.78, 5) is 40.2. The van der Waals surface area contributed by atoms with Gasteiger partial charge in [-0.15, -0.1) is 0 Å². The molecule has 148 valence electrons. The second kappa shape index (κ2) is 9.02. The summed E-state index contributed by atoms with van der Waals surface area (Å²) in [5.74, 6) is -1.28. The third-order valence-corrected chi connectivity index (χ3v) is 5.00. The van der Waals surface area contributed by atoms with Crippen LogP contribution in [0.2, 0.25) is 0 Å². The molecule has 0 spiro atoms. The number of nitrogens with zero attached hydrogens (tertiary/aromatic N) is 2. The van der Waals surface area contributed by atoms with Crippen LogP contribution in [0.3, 0.4) is 0 Å². The van der Waals surface area contributed by atoms with Crippen LogP contribution in [0, 0.1) is 19.8 Å². The number of aryl methyl sites for hydroxylation is 2. The van der Waals surface area contributed by atoms with E-state index in [9.17, 15) is 14.4 Å². The minimum absolute atomic E-state index is 0.0408. The van der Waals surface area contributed by atoms with Gasteiger partial charge in [-0.2, -0.15) is 0 Å². The maximum absolute atomic E-state index is 13.0. The Bertz CT molecular complexity index is 694. The molecule has 1 unspecified atom stereocenters. The van der Waals surface area contributed by atoms with Crippen molar-refractivity contribution < 1.29 is 19.5 Å². The fourth-order valence-corrected chi connectivity index (χ4v) is 3.72. The smallest absolute Gasteiger partial charge is 0.305 e. The minimum Gasteiger partial charge on any atom is -0.481 e. The van der Waals surface area contributed by atoms with Gasteiger partial charge in [0, 0.05) is 31.2 Å². The molecule has 1 aromatic rings. The molecule has 6 heteroatoms. The second-order valence-corrected chi connectivity index (χ2v) is 7.74. The lowest BCUT2D eigenvalue weighted by molar-refractivity contribution is -0.141. The van der Waals surface area contributed by atoms with Gasteiger partial charge < -0.3 is 14.9 Å². The van der Waals surface area contributed by atoms with Gasteiger partial charge in [0.25, 0.3) is 5.91 Å². The van der Waals surface area contributed by atoms with E-state index in [0.717, 1.165) is 24.0 Å². The van der Waals surface area contributed by atoms with Crippen LogP contribution in [0.4, 0.5) is 0 Å². The van der Waals surface area contributed by atoms with E-state index in [2.05, 4.69) is 0 Å². The van der Waals surface area contributed by atoms with Gasteiger partial charge in [-0.05, 0) is 52.7 Å². The van der Waals surface area contributed by atoms with Crippen molar-refractivity contribution >= 4 is 17.8 Å². The SMILES string of the molecule is Cc1cc(C)cc(C(=O)N2CCCC(C(=O)N(CCC(=O)O)C(C)C)C2)c1. The number of hydrogen-bond acceptors (Lipinski definition) is 3. The standard InChI is InChI=1S/C21H30N2O4/c1-14(2)23(9-7-19(24)25)21(27)17-6-5-8-22(13-17)20(26)18-11-15(3)10-16(4)12-18/h10-12,14,17H,5-9,13H2,1-4H3,(H,24,25). The van der Waals surface area contributed by atoms with Crippen molar-refractivity contribution in [3.05, 3.63) is 34.9 Å². The Balaban J connectivity index is 2.10. The largest absolute Gasteiger partial charge is 0.481 e. The van der Waals surface area contributed by atoms with Gasteiger partial charge in [-0.25, -0.2) is 0 Å². The zero-order chi connectivity index (χ0) is 20.1. The molecule has 0 aromatic heterocycles. The summed E-state index contributed by atoms with van der Waals surface area (Å²) in [5.41, 5.74) is 2.75. The van der Waals surface area contributed by atoms with Crippen LogP contribution in [0.1, 0.15) is 54.6 Å². The Morgan fingerprint density at radius 3 is 2.37 bits per heavy atom. The topological polar surface area (TPSA) is 77.9 Å². The van der Waals surface area contributed by atoms with Crippen LogP contribution in [0.15, 0.2) is 18.2 Å². The molecular formula is C21H30N2O4. The minimum atomic E-state index is -0.913. The average molecular weight is 374 g/mol. The van der Waals surface area contributed by atoms with E-state index < -0.39 is 5.97 Å². The van der Waals surface area contributed by atoms with Crippen molar-refractivity contribution in [2.75, 3.05) is 19.6 Å². The molecule has 2 amide bonds. The number of amides is 2. The summed E-state index contributed by atoms with van der Waals surface area (Å²) in [6.07, 6.45) is 1.44. The molecule has 1 aliphatic rings. The lowest BCUT2D eigenvalue weighted by Gasteiger charge is -2.36. The molecule has 2 rings (SSSR count). The lowest BCUT2D eigenvalue weighted by atomic mass is 9.95. The number of hydrogen-bond donors (Lipinski definition) is 1. The van der Waals surface area contributed by atoms with Crippen molar-refractivity contribution in [2.45, 2.75) is 53.0 Å². The molecule has 27 heavy (non-hydrogen) atoms. The number of carbonyl (C=O) groups is 3. The lowest BCUT2D eigenvalue weighted by Crippen LogP contribution is -2.49. The van der Waals surface area contributed by atoms with Gasteiger partial charge in [0.05, 0.1) is 12.3 Å². The highest BCUT2D eigenvalue weighted by atomic mass is 16.4. The molecule has 1 aliphatic heterocycles. The van der Waals surface area contributed by atoms with E-state index in [1.165, 1.54) is 0 Å². The number of likely N-dealkylation sites (tertiary alicyclic amines) is 1. The maximum atomic E-state index is 13.0. The quantitative estimate of drug-likeness (QED) is 0.830. The molecule has 0 aliphatic carbocycles. The number of benzene rings is 1. The van der Waals surface area contributed by atoms with Crippen molar-refractivity contribution in [3.8, 4) is 0 Å². The maximum Gasteiger partial charge on any atom is 0.305 e. The molecule has 1 saturated heterocycles. The number of carboxylic acids is 1. The highest BCUT2D eigenvalue weighted by Gasteiger charge is 2.32. The van der Waals surface area contributed by atoms with Crippen molar-refractivity contribution in [2.24, 2.45) is 5.92 Å². The van der Waals surface area contributed by atoms with Gasteiger partial charge in [-0.1, -0.05) is 17.2 Å². The first-order valence-electron chi connectivity index (χ1n) is 9.59. The molecular weight excluding hydrogens is 344 g/mol. The van der Waals surface area contributed by atoms with Gasteiger partial charge in [0.1, 0.15) is 0 Å². The van der Waals surface area contributed by atoms with Crippen LogP contribution in [0.5, 0.6) is 0 Å². The normalized spacial score (nSPS) is 17.1. The summed E-state index contributed by atoms with van der Waals surface area (Å²) in [6, 6.07) is 5.73. The van der Waals surface area contributed by atoms with Crippen LogP contribution < -0.4 is 0 Å². The number of carboxylic acid groups (broad SMARTS) is 1. The summed E-state index contributed by atoms with van der Waals surface area (Å²) in [7, 11) is 0. The van der Waals surface area contributed by atoms with Crippen LogP contribution in [-0.2, 0) is 9.59 Å². The number of piperidine rings is 1. The van der Waals surface area contributed by atoms with Crippen LogP contribution >= 0.6 is 0 Å². The number of carbonyl (C=O) groups excluding carboxylic acids is 2. The number of rotatable bonds is 6. The first-order valence-corrected chi connectivity index (χ1v) is 9.59. The Morgan fingerprint density at radius 1 is 1.19 bits per heavy atom. The van der Waals surface area contributed by atoms with Crippen molar-refractivity contribution in [3.63, 3.8) is 0 Å². The monoisotopic (exact) mass is 374 g/mol. The van der Waals surface area contributed by atoms with Crippen molar-refractivity contribution in [1.29, 1.82) is 0 Å². The molecule has 1 N–H and O–H groups in total. The number of aliphatic carboxylic acids is 1. The summed E-state index contributed by atoms with van der Waals surface area (Å²) < 4.78 is 0. The molecule has 0 bridgehead atoms. The van der Waals surface area contributed by atoms with E-state index in [-0.39, 0.29) is 36.7 Å². The Morgan fingerprint density at radius 2 is 1.81 bits per heavy atom. The fraction of sp³-hybridized carbons (Fsp3) is 0.571. The van der Waals surface area contributed by atoms with E-state index >= 15 is 0 Å². The first-order chi connectivity index (χ1) is 12.7. The average Bonchev–Trinajstić information content (AvgIpc) is 2.59. The van der Waals surface area contributed by atoms with E-state index in [1.54, 1.807) is 9.80 Å². The van der Waals surface area contributed by atoms with E-state index in [0.29, 0.717) is 18.7 Å². The summed E-state index contributed by atoms with van der Waals surface area (Å²) >= 11 is 0. The predicted octanol–water partition coefficient (Wildman–Crippen LogP) is 2.87. The predicted molar refractivity (Wildman–Crippen MR) is 104 cm³/mol. The summed E-state index contributed by atoms with van der Waals surface area (Å²) in [5, 5.41) is 8.93. The molecule has 1 aromatic carbocycles. The Hall–Kier alpha value is -2.37. The van der Waals surface area contributed by atoms with E-state index in [1.807, 2.05) is 45.9 Å². The van der Waals surface area contributed by atoms with Gasteiger partial charge in [-0.3, -0.25) is 14.4 Å². The summed E-state index contributed by atoms with van der Waals surface area (Å²) in [6.45, 7) is 8.95. The molecule has 0 radical (unpaired) electrons. The molecule has 1 atom stereocenters. The zero-order valence-electron chi connectivity index (χ0n) is 16.7.